The minimum atomic E-state index is -0.112. The molecule has 0 bridgehead atoms. The maximum Gasteiger partial charge on any atom is 0.255 e. The number of imidazole rings is 1. The molecule has 0 unspecified atom stereocenters. The smallest absolute Gasteiger partial charge is 0.255 e. The summed E-state index contributed by atoms with van der Waals surface area (Å²) in [6, 6.07) is 11.2. The van der Waals surface area contributed by atoms with E-state index in [1.54, 1.807) is 6.20 Å². The summed E-state index contributed by atoms with van der Waals surface area (Å²) in [6.45, 7) is 1.92. The fourth-order valence-corrected chi connectivity index (χ4v) is 2.44. The number of rotatable bonds is 2. The van der Waals surface area contributed by atoms with Crippen molar-refractivity contribution in [3.63, 3.8) is 0 Å². The highest BCUT2D eigenvalue weighted by atomic mass is 79.9. The molecule has 1 aromatic carbocycles. The molecule has 0 aliphatic carbocycles. The molecule has 3 rings (SSSR count). The number of pyridine rings is 1. The average Bonchev–Trinajstić information content (AvgIpc) is 2.81. The van der Waals surface area contributed by atoms with Crippen LogP contribution in [-0.4, -0.2) is 15.3 Å². The van der Waals surface area contributed by atoms with E-state index in [0.717, 1.165) is 21.5 Å². The molecule has 0 atom stereocenters. The summed E-state index contributed by atoms with van der Waals surface area (Å²) in [6.07, 6.45) is 3.56. The Hall–Kier alpha value is -2.14. The number of carbonyl (C=O) groups excluding carboxylic acids is 1. The van der Waals surface area contributed by atoms with E-state index in [1.807, 2.05) is 53.9 Å². The number of amides is 1. The molecular weight excluding hydrogens is 318 g/mol. The Kier molecular flexibility index (Phi) is 3.28. The van der Waals surface area contributed by atoms with Crippen LogP contribution in [0.15, 0.2) is 53.4 Å². The van der Waals surface area contributed by atoms with E-state index in [1.165, 1.54) is 0 Å². The number of aromatic nitrogens is 2. The van der Waals surface area contributed by atoms with Crippen LogP contribution in [0.2, 0.25) is 0 Å². The molecule has 20 heavy (non-hydrogen) atoms. The maximum atomic E-state index is 12.2. The lowest BCUT2D eigenvalue weighted by molar-refractivity contribution is 0.102. The number of fused-ring (bicyclic) bond motifs is 1. The van der Waals surface area contributed by atoms with Crippen LogP contribution in [0.5, 0.6) is 0 Å². The van der Waals surface area contributed by atoms with Crippen LogP contribution in [-0.2, 0) is 0 Å². The largest absolute Gasteiger partial charge is 0.321 e. The van der Waals surface area contributed by atoms with Crippen molar-refractivity contribution >= 4 is 33.2 Å². The maximum absolute atomic E-state index is 12.2. The van der Waals surface area contributed by atoms with Crippen LogP contribution < -0.4 is 5.32 Å². The van der Waals surface area contributed by atoms with Crippen LogP contribution in [0.4, 0.5) is 5.69 Å². The Morgan fingerprint density at radius 1 is 1.25 bits per heavy atom. The van der Waals surface area contributed by atoms with Crippen molar-refractivity contribution in [3.05, 3.63) is 64.5 Å². The summed E-state index contributed by atoms with van der Waals surface area (Å²) in [4.78, 5) is 16.5. The topological polar surface area (TPSA) is 46.4 Å². The first-order valence-corrected chi connectivity index (χ1v) is 6.94. The normalized spacial score (nSPS) is 10.7. The number of benzene rings is 1. The van der Waals surface area contributed by atoms with Gasteiger partial charge in [-0.25, -0.2) is 4.98 Å². The second-order valence-corrected chi connectivity index (χ2v) is 5.31. The van der Waals surface area contributed by atoms with Gasteiger partial charge >= 0.3 is 0 Å². The lowest BCUT2D eigenvalue weighted by Crippen LogP contribution is -2.13. The molecule has 1 amide bonds. The van der Waals surface area contributed by atoms with Gasteiger partial charge in [-0.3, -0.25) is 9.20 Å². The molecule has 1 N–H and O–H groups in total. The van der Waals surface area contributed by atoms with Gasteiger partial charge < -0.3 is 5.32 Å². The van der Waals surface area contributed by atoms with E-state index in [-0.39, 0.29) is 5.91 Å². The first-order chi connectivity index (χ1) is 9.65. The van der Waals surface area contributed by atoms with Crippen molar-refractivity contribution in [3.8, 4) is 0 Å². The van der Waals surface area contributed by atoms with Gasteiger partial charge in [0.1, 0.15) is 10.3 Å². The average molecular weight is 330 g/mol. The highest BCUT2D eigenvalue weighted by molar-refractivity contribution is 9.10. The first kappa shape index (κ1) is 12.9. The van der Waals surface area contributed by atoms with Crippen LogP contribution in [0.25, 0.3) is 5.65 Å². The standard InChI is InChI=1S/C15H12BrN3O/c1-10-4-2-3-5-12(10)15(20)18-11-6-7-14-17-8-13(16)19(14)9-11/h2-9H,1H3,(H,18,20). The van der Waals surface area contributed by atoms with Gasteiger partial charge in [-0.2, -0.15) is 0 Å². The van der Waals surface area contributed by atoms with Gasteiger partial charge in [0, 0.05) is 11.8 Å². The van der Waals surface area contributed by atoms with Gasteiger partial charge in [0.25, 0.3) is 5.91 Å². The lowest BCUT2D eigenvalue weighted by atomic mass is 10.1. The number of nitrogens with one attached hydrogen (secondary N) is 1. The van der Waals surface area contributed by atoms with E-state index in [0.29, 0.717) is 5.56 Å². The van der Waals surface area contributed by atoms with Crippen molar-refractivity contribution in [1.29, 1.82) is 0 Å². The van der Waals surface area contributed by atoms with Crippen molar-refractivity contribution in [2.24, 2.45) is 0 Å². The molecule has 4 nitrogen and oxygen atoms in total. The summed E-state index contributed by atoms with van der Waals surface area (Å²) in [5.74, 6) is -0.112. The SMILES string of the molecule is Cc1ccccc1C(=O)Nc1ccc2ncc(Br)n2c1. The van der Waals surface area contributed by atoms with Crippen LogP contribution in [0, 0.1) is 6.92 Å². The van der Waals surface area contributed by atoms with Crippen molar-refractivity contribution in [2.45, 2.75) is 6.92 Å². The molecule has 0 fully saturated rings. The molecule has 2 heterocycles. The Morgan fingerprint density at radius 3 is 2.85 bits per heavy atom. The van der Waals surface area contributed by atoms with Gasteiger partial charge in [0.15, 0.2) is 0 Å². The molecule has 0 spiro atoms. The zero-order valence-corrected chi connectivity index (χ0v) is 12.4. The number of halogens is 1. The van der Waals surface area contributed by atoms with Gasteiger partial charge in [-0.1, -0.05) is 18.2 Å². The second-order valence-electron chi connectivity index (χ2n) is 4.50. The quantitative estimate of drug-likeness (QED) is 0.779. The van der Waals surface area contributed by atoms with Crippen molar-refractivity contribution in [2.75, 3.05) is 5.32 Å². The minimum Gasteiger partial charge on any atom is -0.321 e. The van der Waals surface area contributed by atoms with E-state index in [2.05, 4.69) is 26.2 Å². The summed E-state index contributed by atoms with van der Waals surface area (Å²) in [5.41, 5.74) is 3.18. The van der Waals surface area contributed by atoms with E-state index in [9.17, 15) is 4.79 Å². The third-order valence-electron chi connectivity index (χ3n) is 3.11. The fourth-order valence-electron chi connectivity index (χ4n) is 2.05. The molecule has 3 aromatic rings. The Balaban J connectivity index is 1.91. The third-order valence-corrected chi connectivity index (χ3v) is 3.69. The number of nitrogens with zero attached hydrogens (tertiary/aromatic N) is 2. The van der Waals surface area contributed by atoms with Crippen molar-refractivity contribution in [1.82, 2.24) is 9.38 Å². The lowest BCUT2D eigenvalue weighted by Gasteiger charge is -2.08. The number of hydrogen-bond donors (Lipinski definition) is 1. The number of carbonyl (C=O) groups is 1. The van der Waals surface area contributed by atoms with Crippen LogP contribution in [0.3, 0.4) is 0 Å². The minimum absolute atomic E-state index is 0.112. The summed E-state index contributed by atoms with van der Waals surface area (Å²) >= 11 is 3.41. The second kappa shape index (κ2) is 5.09. The van der Waals surface area contributed by atoms with Gasteiger partial charge in [-0.15, -0.1) is 0 Å². The van der Waals surface area contributed by atoms with Gasteiger partial charge in [0.2, 0.25) is 0 Å². The summed E-state index contributed by atoms with van der Waals surface area (Å²) in [5, 5.41) is 2.90. The zero-order valence-electron chi connectivity index (χ0n) is 10.8. The van der Waals surface area contributed by atoms with Crippen molar-refractivity contribution < 1.29 is 4.79 Å². The van der Waals surface area contributed by atoms with E-state index < -0.39 is 0 Å². The summed E-state index contributed by atoms with van der Waals surface area (Å²) in [7, 11) is 0. The monoisotopic (exact) mass is 329 g/mol. The molecule has 0 saturated heterocycles. The summed E-state index contributed by atoms with van der Waals surface area (Å²) < 4.78 is 2.72. The molecular formula is C15H12BrN3O. The molecule has 0 saturated carbocycles. The van der Waals surface area contributed by atoms with Gasteiger partial charge in [-0.05, 0) is 46.6 Å². The number of hydrogen-bond acceptors (Lipinski definition) is 2. The molecule has 0 aliphatic heterocycles. The highest BCUT2D eigenvalue weighted by Gasteiger charge is 2.09. The predicted octanol–water partition coefficient (Wildman–Crippen LogP) is 3.66. The molecule has 0 aliphatic rings. The third kappa shape index (κ3) is 2.32. The fraction of sp³-hybridized carbons (Fsp3) is 0.0667. The predicted molar refractivity (Wildman–Crippen MR) is 82.0 cm³/mol. The Bertz CT molecular complexity index is 795. The van der Waals surface area contributed by atoms with Gasteiger partial charge in [0.05, 0.1) is 11.9 Å². The highest BCUT2D eigenvalue weighted by Crippen LogP contribution is 2.17. The van der Waals surface area contributed by atoms with E-state index in [4.69, 9.17) is 0 Å². The Morgan fingerprint density at radius 2 is 2.05 bits per heavy atom. The molecule has 2 aromatic heterocycles. The number of aryl methyl sites for hydroxylation is 1. The zero-order chi connectivity index (χ0) is 14.1. The Labute approximate surface area is 124 Å². The van der Waals surface area contributed by atoms with E-state index >= 15 is 0 Å². The first-order valence-electron chi connectivity index (χ1n) is 6.15. The van der Waals surface area contributed by atoms with Crippen LogP contribution >= 0.6 is 15.9 Å². The molecule has 100 valence electrons. The molecule has 0 radical (unpaired) electrons. The number of anilines is 1. The van der Waals surface area contributed by atoms with Crippen LogP contribution in [0.1, 0.15) is 15.9 Å². The molecule has 5 heteroatoms.